The highest BCUT2D eigenvalue weighted by Gasteiger charge is 2.25. The molecule has 88 valence electrons. The second-order valence-corrected chi connectivity index (χ2v) is 5.67. The summed E-state index contributed by atoms with van der Waals surface area (Å²) in [6.07, 6.45) is 3.80. The van der Waals surface area contributed by atoms with Crippen molar-refractivity contribution in [3.8, 4) is 0 Å². The van der Waals surface area contributed by atoms with Crippen molar-refractivity contribution in [2.75, 3.05) is 0 Å². The van der Waals surface area contributed by atoms with Crippen LogP contribution in [0.25, 0.3) is 0 Å². The van der Waals surface area contributed by atoms with Crippen LogP contribution in [0, 0.1) is 10.8 Å². The van der Waals surface area contributed by atoms with Gasteiger partial charge in [0.2, 0.25) is 0 Å². The lowest BCUT2D eigenvalue weighted by Crippen LogP contribution is -2.23. The van der Waals surface area contributed by atoms with E-state index in [4.69, 9.17) is 0 Å². The Morgan fingerprint density at radius 3 is 1.73 bits per heavy atom. The van der Waals surface area contributed by atoms with Gasteiger partial charge in [-0.2, -0.15) is 0 Å². The summed E-state index contributed by atoms with van der Waals surface area (Å²) in [5, 5.41) is 0. The van der Waals surface area contributed by atoms with E-state index in [2.05, 4.69) is 34.6 Å². The molecular weight excluding hydrogens is 184 g/mol. The number of allylic oxidation sites excluding steroid dienone is 2. The third kappa shape index (κ3) is 3.81. The molecule has 0 fully saturated rings. The summed E-state index contributed by atoms with van der Waals surface area (Å²) >= 11 is 0. The van der Waals surface area contributed by atoms with Gasteiger partial charge >= 0.3 is 0 Å². The minimum atomic E-state index is -0.217. The molecular formula is C14H26O. The lowest BCUT2D eigenvalue weighted by molar-refractivity contribution is -0.122. The number of rotatable bonds is 5. The van der Waals surface area contributed by atoms with E-state index in [0.717, 1.165) is 12.8 Å². The molecule has 0 heterocycles. The van der Waals surface area contributed by atoms with Crippen LogP contribution in [0.15, 0.2) is 11.6 Å². The van der Waals surface area contributed by atoms with Crippen molar-refractivity contribution in [3.63, 3.8) is 0 Å². The van der Waals surface area contributed by atoms with Crippen molar-refractivity contribution in [2.45, 2.75) is 61.3 Å². The van der Waals surface area contributed by atoms with Gasteiger partial charge in [0.15, 0.2) is 5.78 Å². The molecule has 0 aromatic rings. The molecule has 0 aromatic carbocycles. The Labute approximate surface area is 95.0 Å². The van der Waals surface area contributed by atoms with Crippen LogP contribution >= 0.6 is 0 Å². The highest BCUT2D eigenvalue weighted by atomic mass is 16.1. The van der Waals surface area contributed by atoms with Crippen molar-refractivity contribution >= 4 is 5.78 Å². The third-order valence-electron chi connectivity index (χ3n) is 3.85. The molecule has 0 radical (unpaired) electrons. The molecule has 0 unspecified atom stereocenters. The van der Waals surface area contributed by atoms with Gasteiger partial charge in [0.25, 0.3) is 0 Å². The fraction of sp³-hybridized carbons (Fsp3) is 0.786. The van der Waals surface area contributed by atoms with Crippen LogP contribution in [0.2, 0.25) is 0 Å². The number of hydrogen-bond donors (Lipinski definition) is 0. The van der Waals surface area contributed by atoms with Gasteiger partial charge in [-0.15, -0.1) is 0 Å². The topological polar surface area (TPSA) is 17.1 Å². The predicted molar refractivity (Wildman–Crippen MR) is 66.9 cm³/mol. The predicted octanol–water partition coefficient (Wildman–Crippen LogP) is 4.37. The minimum absolute atomic E-state index is 0.138. The Kier molecular flexibility index (Phi) is 4.76. The van der Waals surface area contributed by atoms with Gasteiger partial charge < -0.3 is 0 Å². The molecule has 0 amide bonds. The Hall–Kier alpha value is -0.590. The van der Waals surface area contributed by atoms with Crippen molar-refractivity contribution in [1.29, 1.82) is 0 Å². The smallest absolute Gasteiger partial charge is 0.161 e. The normalized spacial score (nSPS) is 14.2. The van der Waals surface area contributed by atoms with E-state index >= 15 is 0 Å². The molecule has 0 aliphatic carbocycles. The molecule has 0 aliphatic heterocycles. The van der Waals surface area contributed by atoms with Crippen LogP contribution in [0.5, 0.6) is 0 Å². The SMILES string of the molecule is CCC(C)(C)C(=O)/C=C(\C)C(C)(C)CC. The van der Waals surface area contributed by atoms with E-state index in [1.807, 2.05) is 19.9 Å². The van der Waals surface area contributed by atoms with Crippen LogP contribution in [0.3, 0.4) is 0 Å². The molecule has 0 rings (SSSR count). The second kappa shape index (κ2) is 4.96. The average Bonchev–Trinajstić information content (AvgIpc) is 2.17. The zero-order valence-electron chi connectivity index (χ0n) is 11.4. The van der Waals surface area contributed by atoms with Gasteiger partial charge in [0, 0.05) is 5.41 Å². The van der Waals surface area contributed by atoms with Crippen molar-refractivity contribution in [3.05, 3.63) is 11.6 Å². The van der Waals surface area contributed by atoms with E-state index in [1.54, 1.807) is 0 Å². The van der Waals surface area contributed by atoms with Crippen molar-refractivity contribution in [2.24, 2.45) is 10.8 Å². The Bertz CT molecular complexity index is 257. The molecule has 0 aliphatic rings. The van der Waals surface area contributed by atoms with Gasteiger partial charge in [-0.3, -0.25) is 4.79 Å². The minimum Gasteiger partial charge on any atom is -0.294 e. The maximum Gasteiger partial charge on any atom is 0.161 e. The molecule has 0 aromatic heterocycles. The maximum absolute atomic E-state index is 12.0. The van der Waals surface area contributed by atoms with Gasteiger partial charge in [-0.25, -0.2) is 0 Å². The average molecular weight is 210 g/mol. The summed E-state index contributed by atoms with van der Waals surface area (Å²) in [6.45, 7) is 14.7. The van der Waals surface area contributed by atoms with Crippen LogP contribution in [-0.4, -0.2) is 5.78 Å². The molecule has 0 bridgehead atoms. The molecule has 1 heteroatoms. The number of carbonyl (C=O) groups excluding carboxylic acids is 1. The van der Waals surface area contributed by atoms with Gasteiger partial charge in [0.05, 0.1) is 0 Å². The van der Waals surface area contributed by atoms with Crippen LogP contribution in [0.1, 0.15) is 61.3 Å². The van der Waals surface area contributed by atoms with E-state index in [0.29, 0.717) is 0 Å². The van der Waals surface area contributed by atoms with Gasteiger partial charge in [-0.1, -0.05) is 47.1 Å². The summed E-state index contributed by atoms with van der Waals surface area (Å²) in [4.78, 5) is 12.0. The van der Waals surface area contributed by atoms with Crippen LogP contribution in [-0.2, 0) is 4.79 Å². The highest BCUT2D eigenvalue weighted by Crippen LogP contribution is 2.31. The number of ketones is 1. The van der Waals surface area contributed by atoms with Gasteiger partial charge in [-0.05, 0) is 31.3 Å². The molecule has 0 saturated heterocycles. The zero-order chi connectivity index (χ0) is 12.3. The first-order chi connectivity index (χ1) is 6.67. The summed E-state index contributed by atoms with van der Waals surface area (Å²) in [5.41, 5.74) is 1.11. The maximum atomic E-state index is 12.0. The van der Waals surface area contributed by atoms with Crippen molar-refractivity contribution < 1.29 is 4.79 Å². The first-order valence-electron chi connectivity index (χ1n) is 5.90. The second-order valence-electron chi connectivity index (χ2n) is 5.67. The molecule has 0 atom stereocenters. The highest BCUT2D eigenvalue weighted by molar-refractivity contribution is 5.94. The first kappa shape index (κ1) is 14.4. The Balaban J connectivity index is 4.86. The number of hydrogen-bond acceptors (Lipinski definition) is 1. The molecule has 1 nitrogen and oxygen atoms in total. The summed E-state index contributed by atoms with van der Waals surface area (Å²) in [7, 11) is 0. The fourth-order valence-electron chi connectivity index (χ4n) is 1.04. The van der Waals surface area contributed by atoms with Gasteiger partial charge in [0.1, 0.15) is 0 Å². The fourth-order valence-corrected chi connectivity index (χ4v) is 1.04. The summed E-state index contributed by atoms with van der Waals surface area (Å²) in [6, 6.07) is 0. The van der Waals surface area contributed by atoms with Crippen molar-refractivity contribution in [1.82, 2.24) is 0 Å². The standard InChI is InChI=1S/C14H26O/c1-8-13(4,5)11(3)10-12(15)14(6,7)9-2/h10H,8-9H2,1-7H3/b11-10+. The van der Waals surface area contributed by atoms with E-state index in [-0.39, 0.29) is 16.6 Å². The molecule has 0 saturated carbocycles. The Morgan fingerprint density at radius 1 is 1.00 bits per heavy atom. The van der Waals surface area contributed by atoms with E-state index in [9.17, 15) is 4.79 Å². The van der Waals surface area contributed by atoms with Crippen LogP contribution in [0.4, 0.5) is 0 Å². The molecule has 0 N–H and O–H groups in total. The van der Waals surface area contributed by atoms with Crippen LogP contribution < -0.4 is 0 Å². The molecule has 15 heavy (non-hydrogen) atoms. The largest absolute Gasteiger partial charge is 0.294 e. The quantitative estimate of drug-likeness (QED) is 0.616. The van der Waals surface area contributed by atoms with E-state index < -0.39 is 0 Å². The lowest BCUT2D eigenvalue weighted by Gasteiger charge is -2.26. The zero-order valence-corrected chi connectivity index (χ0v) is 11.4. The molecule has 0 spiro atoms. The van der Waals surface area contributed by atoms with E-state index in [1.165, 1.54) is 5.57 Å². The third-order valence-corrected chi connectivity index (χ3v) is 3.85. The first-order valence-corrected chi connectivity index (χ1v) is 5.90. The monoisotopic (exact) mass is 210 g/mol. The Morgan fingerprint density at radius 2 is 1.40 bits per heavy atom. The summed E-state index contributed by atoms with van der Waals surface area (Å²) < 4.78 is 0. The summed E-state index contributed by atoms with van der Waals surface area (Å²) in [5.74, 6) is 0.254. The number of carbonyl (C=O) groups is 1. The lowest BCUT2D eigenvalue weighted by atomic mass is 9.78.